The van der Waals surface area contributed by atoms with E-state index in [-0.39, 0.29) is 24.1 Å². The number of hydrogen-bond acceptors (Lipinski definition) is 4. The lowest BCUT2D eigenvalue weighted by molar-refractivity contribution is -0.0175. The number of ether oxygens (including phenoxy) is 1. The SMILES string of the molecule is CCCCCN(CCCCC)C(=O)N1CCN(C(=O)N(c2ccccc2)c2ccccc2)[C@H](C(CC)N2CCOCC2)C1. The Morgan fingerprint density at radius 3 is 1.84 bits per heavy atom. The molecule has 0 aliphatic carbocycles. The van der Waals surface area contributed by atoms with Crippen LogP contribution in [0.1, 0.15) is 65.7 Å². The van der Waals surface area contributed by atoms with Crippen molar-refractivity contribution in [2.75, 3.05) is 63.9 Å². The fourth-order valence-corrected chi connectivity index (χ4v) is 6.49. The van der Waals surface area contributed by atoms with Crippen molar-refractivity contribution in [1.29, 1.82) is 0 Å². The Bertz CT molecular complexity index is 1050. The predicted octanol–water partition coefficient (Wildman–Crippen LogP) is 6.84. The highest BCUT2D eigenvalue weighted by atomic mass is 16.5. The number of nitrogens with zero attached hydrogens (tertiary/aromatic N) is 5. The van der Waals surface area contributed by atoms with Crippen molar-refractivity contribution < 1.29 is 14.3 Å². The Morgan fingerprint density at radius 2 is 1.33 bits per heavy atom. The minimum atomic E-state index is -0.128. The van der Waals surface area contributed by atoms with Gasteiger partial charge in [-0.2, -0.15) is 0 Å². The number of para-hydroxylation sites is 2. The molecule has 4 amide bonds. The molecule has 0 aromatic heterocycles. The maximum absolute atomic E-state index is 14.7. The number of benzene rings is 2. The summed E-state index contributed by atoms with van der Waals surface area (Å²) < 4.78 is 5.69. The van der Waals surface area contributed by atoms with Gasteiger partial charge in [0.1, 0.15) is 0 Å². The van der Waals surface area contributed by atoms with E-state index in [2.05, 4.69) is 30.6 Å². The van der Waals surface area contributed by atoms with Gasteiger partial charge in [-0.15, -0.1) is 0 Å². The van der Waals surface area contributed by atoms with E-state index in [0.29, 0.717) is 32.8 Å². The molecule has 4 rings (SSSR count). The van der Waals surface area contributed by atoms with Crippen molar-refractivity contribution in [1.82, 2.24) is 19.6 Å². The van der Waals surface area contributed by atoms with E-state index in [9.17, 15) is 9.59 Å². The van der Waals surface area contributed by atoms with Gasteiger partial charge in [0.2, 0.25) is 0 Å². The van der Waals surface area contributed by atoms with Gasteiger partial charge >= 0.3 is 12.1 Å². The smallest absolute Gasteiger partial charge is 0.329 e. The number of amides is 4. The molecule has 0 spiro atoms. The van der Waals surface area contributed by atoms with E-state index >= 15 is 0 Å². The second-order valence-corrected chi connectivity index (χ2v) is 11.8. The molecule has 2 saturated heterocycles. The minimum Gasteiger partial charge on any atom is -0.379 e. The first-order valence-corrected chi connectivity index (χ1v) is 16.6. The summed E-state index contributed by atoms with van der Waals surface area (Å²) in [5.74, 6) is 0. The number of hydrogen-bond donors (Lipinski definition) is 0. The van der Waals surface area contributed by atoms with Crippen LogP contribution in [0, 0.1) is 0 Å². The number of piperazine rings is 1. The zero-order chi connectivity index (χ0) is 30.4. The van der Waals surface area contributed by atoms with Crippen molar-refractivity contribution in [2.24, 2.45) is 0 Å². The van der Waals surface area contributed by atoms with Crippen LogP contribution in [0.15, 0.2) is 60.7 Å². The summed E-state index contributed by atoms with van der Waals surface area (Å²) in [4.78, 5) is 39.2. The monoisotopic (exact) mass is 591 g/mol. The Balaban J connectivity index is 1.63. The van der Waals surface area contributed by atoms with Crippen LogP contribution in [-0.2, 0) is 4.74 Å². The van der Waals surface area contributed by atoms with Crippen molar-refractivity contribution in [3.8, 4) is 0 Å². The van der Waals surface area contributed by atoms with Crippen molar-refractivity contribution in [2.45, 2.75) is 77.8 Å². The first kappa shape index (κ1) is 32.8. The fourth-order valence-electron chi connectivity index (χ4n) is 6.49. The molecule has 2 aliphatic heterocycles. The number of morpholine rings is 1. The molecule has 2 atom stereocenters. The van der Waals surface area contributed by atoms with Crippen LogP contribution in [0.2, 0.25) is 0 Å². The maximum atomic E-state index is 14.7. The number of anilines is 2. The van der Waals surface area contributed by atoms with Gasteiger partial charge in [0, 0.05) is 51.9 Å². The predicted molar refractivity (Wildman–Crippen MR) is 175 cm³/mol. The molecule has 8 heteroatoms. The Morgan fingerprint density at radius 1 is 0.767 bits per heavy atom. The largest absolute Gasteiger partial charge is 0.379 e. The molecule has 0 saturated carbocycles. The quantitative estimate of drug-likeness (QED) is 0.239. The lowest BCUT2D eigenvalue weighted by atomic mass is 9.98. The molecule has 2 aromatic carbocycles. The van der Waals surface area contributed by atoms with Crippen LogP contribution in [-0.4, -0.2) is 103 Å². The van der Waals surface area contributed by atoms with Gasteiger partial charge in [0.25, 0.3) is 0 Å². The van der Waals surface area contributed by atoms with Crippen LogP contribution in [0.4, 0.5) is 21.0 Å². The van der Waals surface area contributed by atoms with Gasteiger partial charge in [0.15, 0.2) is 0 Å². The minimum absolute atomic E-state index is 0.0380. The van der Waals surface area contributed by atoms with Gasteiger partial charge in [-0.25, -0.2) is 9.59 Å². The lowest BCUT2D eigenvalue weighted by Gasteiger charge is -2.49. The Hall–Kier alpha value is -3.10. The molecule has 2 aromatic rings. The Labute approximate surface area is 259 Å². The summed E-state index contributed by atoms with van der Waals surface area (Å²) in [6.07, 6.45) is 7.49. The van der Waals surface area contributed by atoms with Crippen molar-refractivity contribution in [3.05, 3.63) is 60.7 Å². The zero-order valence-corrected chi connectivity index (χ0v) is 26.7. The third kappa shape index (κ3) is 8.73. The van der Waals surface area contributed by atoms with Gasteiger partial charge in [-0.1, -0.05) is 82.9 Å². The van der Waals surface area contributed by atoms with E-state index in [1.165, 1.54) is 0 Å². The summed E-state index contributed by atoms with van der Waals surface area (Å²) >= 11 is 0. The van der Waals surface area contributed by atoms with Crippen LogP contribution < -0.4 is 4.90 Å². The topological polar surface area (TPSA) is 59.6 Å². The number of rotatable bonds is 13. The van der Waals surface area contributed by atoms with Crippen LogP contribution >= 0.6 is 0 Å². The molecule has 2 aliphatic rings. The van der Waals surface area contributed by atoms with E-state index in [1.807, 2.05) is 75.4 Å². The summed E-state index contributed by atoms with van der Waals surface area (Å²) in [5.41, 5.74) is 1.68. The summed E-state index contributed by atoms with van der Waals surface area (Å²) in [6.45, 7) is 12.9. The summed E-state index contributed by atoms with van der Waals surface area (Å²) in [5, 5.41) is 0. The molecule has 43 heavy (non-hydrogen) atoms. The Kier molecular flexibility index (Phi) is 13.2. The zero-order valence-electron chi connectivity index (χ0n) is 26.7. The molecule has 8 nitrogen and oxygen atoms in total. The van der Waals surface area contributed by atoms with Crippen molar-refractivity contribution >= 4 is 23.4 Å². The summed E-state index contributed by atoms with van der Waals surface area (Å²) in [7, 11) is 0. The third-order valence-electron chi connectivity index (χ3n) is 8.87. The van der Waals surface area contributed by atoms with Crippen LogP contribution in [0.5, 0.6) is 0 Å². The van der Waals surface area contributed by atoms with Gasteiger partial charge in [-0.3, -0.25) is 9.80 Å². The first-order valence-electron chi connectivity index (χ1n) is 16.6. The molecule has 0 N–H and O–H groups in total. The fraction of sp³-hybridized carbons (Fsp3) is 0.600. The molecule has 0 bridgehead atoms. The first-order chi connectivity index (χ1) is 21.1. The summed E-state index contributed by atoms with van der Waals surface area (Å²) in [6, 6.07) is 19.9. The van der Waals surface area contributed by atoms with Crippen LogP contribution in [0.25, 0.3) is 0 Å². The molecular formula is C35H53N5O3. The third-order valence-corrected chi connectivity index (χ3v) is 8.87. The van der Waals surface area contributed by atoms with Crippen molar-refractivity contribution in [3.63, 3.8) is 0 Å². The second kappa shape index (κ2) is 17.3. The molecule has 2 heterocycles. The molecular weight excluding hydrogens is 538 g/mol. The van der Waals surface area contributed by atoms with Crippen LogP contribution in [0.3, 0.4) is 0 Å². The lowest BCUT2D eigenvalue weighted by Crippen LogP contribution is -2.66. The average molecular weight is 592 g/mol. The number of carbonyl (C=O) groups excluding carboxylic acids is 2. The standard InChI is InChI=1S/C35H53N5O3/c1-4-7-15-21-37(22-16-8-5-2)34(41)38-23-24-39(33(29-38)32(6-3)36-25-27-43-28-26-36)35(42)40(30-17-11-9-12-18-30)31-19-13-10-14-20-31/h9-14,17-20,32-33H,4-8,15-16,21-29H2,1-3H3/t32?,33-/m0/s1. The van der Waals surface area contributed by atoms with Gasteiger partial charge in [0.05, 0.1) is 30.6 Å². The number of carbonyl (C=O) groups is 2. The molecule has 0 radical (unpaired) electrons. The van der Waals surface area contributed by atoms with Gasteiger partial charge < -0.3 is 19.4 Å². The highest BCUT2D eigenvalue weighted by molar-refractivity contribution is 5.99. The van der Waals surface area contributed by atoms with E-state index in [4.69, 9.17) is 4.74 Å². The molecule has 2 fully saturated rings. The highest BCUT2D eigenvalue weighted by Gasteiger charge is 2.42. The maximum Gasteiger partial charge on any atom is 0.329 e. The second-order valence-electron chi connectivity index (χ2n) is 11.8. The molecule has 1 unspecified atom stereocenters. The normalized spacial score (nSPS) is 18.3. The molecule has 236 valence electrons. The highest BCUT2D eigenvalue weighted by Crippen LogP contribution is 2.30. The van der Waals surface area contributed by atoms with E-state index < -0.39 is 0 Å². The van der Waals surface area contributed by atoms with E-state index in [0.717, 1.165) is 82.5 Å². The van der Waals surface area contributed by atoms with E-state index in [1.54, 1.807) is 0 Å². The number of unbranched alkanes of at least 4 members (excludes halogenated alkanes) is 4. The van der Waals surface area contributed by atoms with Gasteiger partial charge in [-0.05, 0) is 43.5 Å². The number of urea groups is 2. The average Bonchev–Trinajstić information content (AvgIpc) is 3.06.